The zero-order valence-corrected chi connectivity index (χ0v) is 18.5. The molecule has 1 saturated carbocycles. The van der Waals surface area contributed by atoms with Crippen LogP contribution in [0.3, 0.4) is 0 Å². The molecule has 7 nitrogen and oxygen atoms in total. The van der Waals surface area contributed by atoms with Crippen molar-refractivity contribution in [2.24, 2.45) is 0 Å². The average Bonchev–Trinajstić information content (AvgIpc) is 3.39. The Labute approximate surface area is 183 Å². The molecule has 2 aliphatic heterocycles. The van der Waals surface area contributed by atoms with Crippen LogP contribution in [0, 0.1) is 17.1 Å². The zero-order valence-electron chi connectivity index (χ0n) is 17.7. The molecular weight excluding hydrogens is 419 g/mol. The van der Waals surface area contributed by atoms with E-state index in [-0.39, 0.29) is 36.0 Å². The van der Waals surface area contributed by atoms with Gasteiger partial charge in [-0.2, -0.15) is 5.26 Å². The minimum Gasteiger partial charge on any atom is -0.367 e. The average molecular weight is 449 g/mol. The first-order chi connectivity index (χ1) is 14.9. The molecule has 1 aromatic rings. The molecule has 0 N–H and O–H groups in total. The number of carbonyl (C=O) groups is 1. The molecular formula is C22H29FN4O3S. The van der Waals surface area contributed by atoms with E-state index >= 15 is 0 Å². The predicted molar refractivity (Wildman–Crippen MR) is 116 cm³/mol. The minimum absolute atomic E-state index is 0.0204. The molecule has 4 rings (SSSR count). The van der Waals surface area contributed by atoms with Crippen molar-refractivity contribution in [2.75, 3.05) is 49.1 Å². The highest BCUT2D eigenvalue weighted by molar-refractivity contribution is 7.91. The Bertz CT molecular complexity index is 963. The zero-order chi connectivity index (χ0) is 22.0. The van der Waals surface area contributed by atoms with Crippen molar-refractivity contribution in [1.82, 2.24) is 9.80 Å². The third-order valence-electron chi connectivity index (χ3n) is 6.76. The van der Waals surface area contributed by atoms with Gasteiger partial charge in [-0.25, -0.2) is 12.8 Å². The number of anilines is 1. The van der Waals surface area contributed by atoms with Gasteiger partial charge < -0.3 is 9.80 Å². The van der Waals surface area contributed by atoms with Crippen LogP contribution < -0.4 is 4.90 Å². The molecule has 3 aliphatic rings. The largest absolute Gasteiger partial charge is 0.367 e. The molecule has 9 heteroatoms. The normalized spacial score (nSPS) is 24.3. The van der Waals surface area contributed by atoms with Crippen LogP contribution in [0.2, 0.25) is 0 Å². The van der Waals surface area contributed by atoms with Gasteiger partial charge in [-0.1, -0.05) is 12.8 Å². The number of rotatable bonds is 5. The van der Waals surface area contributed by atoms with Gasteiger partial charge in [0.1, 0.15) is 5.82 Å². The summed E-state index contributed by atoms with van der Waals surface area (Å²) in [6, 6.07) is 6.40. The van der Waals surface area contributed by atoms with Crippen LogP contribution in [0.15, 0.2) is 18.2 Å². The van der Waals surface area contributed by atoms with Gasteiger partial charge >= 0.3 is 0 Å². The van der Waals surface area contributed by atoms with Crippen LogP contribution in [0.1, 0.15) is 37.7 Å². The first-order valence-corrected chi connectivity index (χ1v) is 12.9. The Morgan fingerprint density at radius 1 is 1.13 bits per heavy atom. The summed E-state index contributed by atoms with van der Waals surface area (Å²) in [5.41, 5.74) is 0.778. The van der Waals surface area contributed by atoms with Crippen LogP contribution in [0.5, 0.6) is 0 Å². The Morgan fingerprint density at radius 3 is 2.42 bits per heavy atom. The van der Waals surface area contributed by atoms with Gasteiger partial charge in [-0.15, -0.1) is 0 Å². The minimum atomic E-state index is -3.05. The molecule has 168 valence electrons. The van der Waals surface area contributed by atoms with Gasteiger partial charge in [0.05, 0.1) is 35.4 Å². The molecule has 0 radical (unpaired) electrons. The van der Waals surface area contributed by atoms with Crippen LogP contribution in [-0.4, -0.2) is 80.4 Å². The van der Waals surface area contributed by atoms with E-state index in [4.69, 9.17) is 5.26 Å². The molecule has 1 aliphatic carbocycles. The summed E-state index contributed by atoms with van der Waals surface area (Å²) in [5, 5.41) is 8.91. The number of halogens is 1. The van der Waals surface area contributed by atoms with Gasteiger partial charge in [-0.3, -0.25) is 9.69 Å². The third kappa shape index (κ3) is 5.01. The monoisotopic (exact) mass is 448 g/mol. The van der Waals surface area contributed by atoms with Crippen molar-refractivity contribution in [2.45, 2.75) is 44.2 Å². The molecule has 3 fully saturated rings. The molecule has 0 spiro atoms. The van der Waals surface area contributed by atoms with Gasteiger partial charge in [0.2, 0.25) is 5.91 Å². The Hall–Kier alpha value is -2.18. The number of hydrogen-bond acceptors (Lipinski definition) is 6. The lowest BCUT2D eigenvalue weighted by atomic mass is 10.1. The third-order valence-corrected chi connectivity index (χ3v) is 8.51. The molecule has 1 unspecified atom stereocenters. The summed E-state index contributed by atoms with van der Waals surface area (Å²) in [7, 11) is -3.05. The summed E-state index contributed by atoms with van der Waals surface area (Å²) in [4.78, 5) is 19.2. The van der Waals surface area contributed by atoms with E-state index in [1.54, 1.807) is 12.1 Å². The van der Waals surface area contributed by atoms with E-state index in [1.165, 1.54) is 6.07 Å². The van der Waals surface area contributed by atoms with Crippen molar-refractivity contribution in [3.05, 3.63) is 29.6 Å². The maximum Gasteiger partial charge on any atom is 0.237 e. The van der Waals surface area contributed by atoms with E-state index < -0.39 is 15.7 Å². The summed E-state index contributed by atoms with van der Waals surface area (Å²) >= 11 is 0. The van der Waals surface area contributed by atoms with Crippen LogP contribution in [-0.2, 0) is 14.6 Å². The molecule has 2 saturated heterocycles. The number of amides is 1. The van der Waals surface area contributed by atoms with Crippen molar-refractivity contribution < 1.29 is 17.6 Å². The topological polar surface area (TPSA) is 84.7 Å². The van der Waals surface area contributed by atoms with E-state index in [1.807, 2.05) is 15.9 Å². The van der Waals surface area contributed by atoms with Gasteiger partial charge in [0.15, 0.2) is 9.84 Å². The number of nitrogens with zero attached hydrogens (tertiary/aromatic N) is 4. The van der Waals surface area contributed by atoms with Crippen LogP contribution in [0.25, 0.3) is 0 Å². The van der Waals surface area contributed by atoms with Crippen LogP contribution in [0.4, 0.5) is 10.1 Å². The summed E-state index contributed by atoms with van der Waals surface area (Å²) in [6.45, 7) is 2.73. The maximum absolute atomic E-state index is 14.3. The standard InChI is InChI=1S/C22H29FN4O3S/c23-20-13-17(14-24)5-6-21(20)26-10-8-25(9-11-26)15-22(28)27(18-3-1-2-4-18)19-7-12-31(29,30)16-19/h5-6,13,18-19H,1-4,7-12,15-16H2. The lowest BCUT2D eigenvalue weighted by Crippen LogP contribution is -2.54. The molecule has 1 atom stereocenters. The van der Waals surface area contributed by atoms with Crippen molar-refractivity contribution in [1.29, 1.82) is 5.26 Å². The molecule has 1 aromatic carbocycles. The van der Waals surface area contributed by atoms with E-state index in [2.05, 4.69) is 4.90 Å². The highest BCUT2D eigenvalue weighted by Gasteiger charge is 2.39. The lowest BCUT2D eigenvalue weighted by Gasteiger charge is -2.39. The first-order valence-electron chi connectivity index (χ1n) is 11.0. The molecule has 1 amide bonds. The Kier molecular flexibility index (Phi) is 6.49. The fraction of sp³-hybridized carbons (Fsp3) is 0.636. The number of benzene rings is 1. The lowest BCUT2D eigenvalue weighted by molar-refractivity contribution is -0.137. The molecule has 2 heterocycles. The fourth-order valence-electron chi connectivity index (χ4n) is 5.14. The molecule has 0 aromatic heterocycles. The number of carbonyl (C=O) groups excluding carboxylic acids is 1. The van der Waals surface area contributed by atoms with Crippen LogP contribution >= 0.6 is 0 Å². The number of sulfone groups is 1. The van der Waals surface area contributed by atoms with E-state index in [0.29, 0.717) is 43.9 Å². The fourth-order valence-corrected chi connectivity index (χ4v) is 6.85. The second-order valence-electron chi connectivity index (χ2n) is 8.84. The molecule has 31 heavy (non-hydrogen) atoms. The summed E-state index contributed by atoms with van der Waals surface area (Å²) in [5.74, 6) is -0.130. The van der Waals surface area contributed by atoms with Crippen molar-refractivity contribution >= 4 is 21.4 Å². The SMILES string of the molecule is N#Cc1ccc(N2CCN(CC(=O)N(C3CCCC3)C3CCS(=O)(=O)C3)CC2)c(F)c1. The smallest absolute Gasteiger partial charge is 0.237 e. The van der Waals surface area contributed by atoms with Crippen molar-refractivity contribution in [3.8, 4) is 6.07 Å². The number of piperazine rings is 1. The number of hydrogen-bond donors (Lipinski definition) is 0. The van der Waals surface area contributed by atoms with Gasteiger partial charge in [-0.05, 0) is 37.5 Å². The summed E-state index contributed by atoms with van der Waals surface area (Å²) < 4.78 is 38.3. The van der Waals surface area contributed by atoms with Crippen molar-refractivity contribution in [3.63, 3.8) is 0 Å². The quantitative estimate of drug-likeness (QED) is 0.683. The molecule has 0 bridgehead atoms. The highest BCUT2D eigenvalue weighted by Crippen LogP contribution is 2.29. The highest BCUT2D eigenvalue weighted by atomic mass is 32.2. The Balaban J connectivity index is 1.37. The van der Waals surface area contributed by atoms with Gasteiger partial charge in [0.25, 0.3) is 0 Å². The Morgan fingerprint density at radius 2 is 1.84 bits per heavy atom. The van der Waals surface area contributed by atoms with E-state index in [0.717, 1.165) is 25.7 Å². The maximum atomic E-state index is 14.3. The van der Waals surface area contributed by atoms with Gasteiger partial charge in [0, 0.05) is 38.3 Å². The first kappa shape index (κ1) is 22.0. The van der Waals surface area contributed by atoms with E-state index in [9.17, 15) is 17.6 Å². The summed E-state index contributed by atoms with van der Waals surface area (Å²) in [6.07, 6.45) is 4.61. The predicted octanol–water partition coefficient (Wildman–Crippen LogP) is 1.78. The second-order valence-corrected chi connectivity index (χ2v) is 11.1. The number of nitriles is 1. The second kappa shape index (κ2) is 9.13.